The predicted molar refractivity (Wildman–Crippen MR) is 89.3 cm³/mol. The van der Waals surface area contributed by atoms with Crippen LogP contribution in [0.15, 0.2) is 60.2 Å². The van der Waals surface area contributed by atoms with Crippen LogP contribution in [0.25, 0.3) is 21.1 Å². The summed E-state index contributed by atoms with van der Waals surface area (Å²) >= 11 is 1.52. The van der Waals surface area contributed by atoms with Crippen molar-refractivity contribution in [3.63, 3.8) is 0 Å². The van der Waals surface area contributed by atoms with Gasteiger partial charge in [0.2, 0.25) is 0 Å². The minimum Gasteiger partial charge on any atom is -0.320 e. The molecule has 22 heavy (non-hydrogen) atoms. The van der Waals surface area contributed by atoms with Crippen LogP contribution in [0, 0.1) is 0 Å². The molecule has 2 heterocycles. The molecule has 0 radical (unpaired) electrons. The Morgan fingerprint density at radius 1 is 1.05 bits per heavy atom. The van der Waals surface area contributed by atoms with Crippen LogP contribution in [-0.2, 0) is 0 Å². The van der Waals surface area contributed by atoms with E-state index in [2.05, 4.69) is 15.3 Å². The number of hydrogen-bond donors (Lipinski definition) is 1. The van der Waals surface area contributed by atoms with E-state index in [1.807, 2.05) is 42.5 Å². The summed E-state index contributed by atoms with van der Waals surface area (Å²) in [6.07, 6.45) is 1.72. The second-order valence-electron chi connectivity index (χ2n) is 4.87. The molecule has 4 aromatic rings. The van der Waals surface area contributed by atoms with Gasteiger partial charge in [-0.05, 0) is 30.3 Å². The van der Waals surface area contributed by atoms with Gasteiger partial charge in [-0.2, -0.15) is 0 Å². The normalized spacial score (nSPS) is 10.9. The van der Waals surface area contributed by atoms with Gasteiger partial charge in [-0.15, -0.1) is 11.3 Å². The average molecular weight is 305 g/mol. The van der Waals surface area contributed by atoms with Crippen LogP contribution in [0.3, 0.4) is 0 Å². The molecule has 4 nitrogen and oxygen atoms in total. The number of nitrogens with zero attached hydrogens (tertiary/aromatic N) is 2. The first kappa shape index (κ1) is 12.9. The number of pyridine rings is 1. The minimum atomic E-state index is -0.145. The molecule has 0 unspecified atom stereocenters. The van der Waals surface area contributed by atoms with E-state index in [0.29, 0.717) is 11.3 Å². The van der Waals surface area contributed by atoms with Crippen LogP contribution in [0.2, 0.25) is 0 Å². The highest BCUT2D eigenvalue weighted by Gasteiger charge is 2.10. The lowest BCUT2D eigenvalue weighted by Gasteiger charge is -2.08. The van der Waals surface area contributed by atoms with Gasteiger partial charge in [0, 0.05) is 17.1 Å². The average Bonchev–Trinajstić information content (AvgIpc) is 3.02. The number of rotatable bonds is 2. The van der Waals surface area contributed by atoms with Crippen LogP contribution < -0.4 is 5.32 Å². The summed E-state index contributed by atoms with van der Waals surface area (Å²) in [7, 11) is 0. The molecule has 0 aliphatic heterocycles. The fourth-order valence-corrected chi connectivity index (χ4v) is 3.11. The Labute approximate surface area is 130 Å². The lowest BCUT2D eigenvalue weighted by molar-refractivity contribution is 0.102. The summed E-state index contributed by atoms with van der Waals surface area (Å²) in [6, 6.07) is 15.1. The van der Waals surface area contributed by atoms with E-state index in [0.717, 1.165) is 21.1 Å². The third-order valence-corrected chi connectivity index (χ3v) is 4.27. The summed E-state index contributed by atoms with van der Waals surface area (Å²) in [5.74, 6) is -0.145. The maximum Gasteiger partial charge on any atom is 0.255 e. The number of aromatic nitrogens is 2. The molecule has 0 saturated heterocycles. The number of carbonyl (C=O) groups excluding carboxylic acids is 1. The molecule has 0 fully saturated rings. The number of fused-ring (bicyclic) bond motifs is 2. The molecular formula is C17H11N3OS. The second-order valence-corrected chi connectivity index (χ2v) is 5.76. The first-order valence-electron chi connectivity index (χ1n) is 6.79. The zero-order valence-electron chi connectivity index (χ0n) is 11.5. The number of hydrogen-bond acceptors (Lipinski definition) is 4. The van der Waals surface area contributed by atoms with Crippen LogP contribution in [-0.4, -0.2) is 15.9 Å². The van der Waals surface area contributed by atoms with E-state index in [4.69, 9.17) is 0 Å². The topological polar surface area (TPSA) is 54.9 Å². The van der Waals surface area contributed by atoms with E-state index in [9.17, 15) is 4.79 Å². The molecule has 106 valence electrons. The molecule has 0 spiro atoms. The molecular weight excluding hydrogens is 294 g/mol. The smallest absolute Gasteiger partial charge is 0.255 e. The van der Waals surface area contributed by atoms with Gasteiger partial charge in [-0.3, -0.25) is 9.78 Å². The molecule has 0 bridgehead atoms. The molecule has 2 aromatic heterocycles. The van der Waals surface area contributed by atoms with E-state index in [1.165, 1.54) is 11.3 Å². The highest BCUT2D eigenvalue weighted by molar-refractivity contribution is 7.16. The van der Waals surface area contributed by atoms with Crippen molar-refractivity contribution in [3.8, 4) is 0 Å². The molecule has 1 amide bonds. The van der Waals surface area contributed by atoms with Gasteiger partial charge in [0.05, 0.1) is 26.9 Å². The van der Waals surface area contributed by atoms with Crippen LogP contribution >= 0.6 is 11.3 Å². The second kappa shape index (κ2) is 5.20. The SMILES string of the molecule is O=C(Nc1cccc2cccnc12)c1ccc2ncsc2c1. The van der Waals surface area contributed by atoms with Crippen molar-refractivity contribution >= 4 is 44.1 Å². The lowest BCUT2D eigenvalue weighted by Crippen LogP contribution is -2.12. The third kappa shape index (κ3) is 2.21. The quantitative estimate of drug-likeness (QED) is 0.606. The van der Waals surface area contributed by atoms with Crippen molar-refractivity contribution in [2.45, 2.75) is 0 Å². The summed E-state index contributed by atoms with van der Waals surface area (Å²) < 4.78 is 1.00. The Hall–Kier alpha value is -2.79. The number of benzene rings is 2. The lowest BCUT2D eigenvalue weighted by atomic mass is 10.1. The van der Waals surface area contributed by atoms with Crippen molar-refractivity contribution in [1.82, 2.24) is 9.97 Å². The van der Waals surface area contributed by atoms with E-state index in [1.54, 1.807) is 17.8 Å². The van der Waals surface area contributed by atoms with Gasteiger partial charge in [-0.1, -0.05) is 18.2 Å². The summed E-state index contributed by atoms with van der Waals surface area (Å²) in [5.41, 5.74) is 4.81. The van der Waals surface area contributed by atoms with Gasteiger partial charge in [-0.25, -0.2) is 4.98 Å². The van der Waals surface area contributed by atoms with E-state index < -0.39 is 0 Å². The van der Waals surface area contributed by atoms with Crippen LogP contribution in [0.4, 0.5) is 5.69 Å². The van der Waals surface area contributed by atoms with Gasteiger partial charge >= 0.3 is 0 Å². The first-order valence-corrected chi connectivity index (χ1v) is 7.67. The number of anilines is 1. The van der Waals surface area contributed by atoms with Gasteiger partial charge in [0.25, 0.3) is 5.91 Å². The molecule has 2 aromatic carbocycles. The Bertz CT molecular complexity index is 988. The summed E-state index contributed by atoms with van der Waals surface area (Å²) in [5, 5.41) is 3.94. The van der Waals surface area contributed by atoms with Crippen molar-refractivity contribution in [2.75, 3.05) is 5.32 Å². The third-order valence-electron chi connectivity index (χ3n) is 3.47. The minimum absolute atomic E-state index is 0.145. The standard InChI is InChI=1S/C17H11N3OS/c21-17(12-6-7-13-15(9-12)22-10-19-13)20-14-5-1-3-11-4-2-8-18-16(11)14/h1-10H,(H,20,21). The Morgan fingerprint density at radius 2 is 1.95 bits per heavy atom. The highest BCUT2D eigenvalue weighted by atomic mass is 32.1. The van der Waals surface area contributed by atoms with Crippen molar-refractivity contribution in [3.05, 3.63) is 65.8 Å². The maximum absolute atomic E-state index is 12.5. The molecule has 1 N–H and O–H groups in total. The van der Waals surface area contributed by atoms with Crippen LogP contribution in [0.1, 0.15) is 10.4 Å². The van der Waals surface area contributed by atoms with E-state index in [-0.39, 0.29) is 5.91 Å². The van der Waals surface area contributed by atoms with Crippen molar-refractivity contribution in [1.29, 1.82) is 0 Å². The fraction of sp³-hybridized carbons (Fsp3) is 0. The van der Waals surface area contributed by atoms with Gasteiger partial charge in [0.15, 0.2) is 0 Å². The highest BCUT2D eigenvalue weighted by Crippen LogP contribution is 2.23. The summed E-state index contributed by atoms with van der Waals surface area (Å²) in [4.78, 5) is 21.0. The zero-order chi connectivity index (χ0) is 14.9. The van der Waals surface area contributed by atoms with Crippen molar-refractivity contribution < 1.29 is 4.79 Å². The number of thiazole rings is 1. The zero-order valence-corrected chi connectivity index (χ0v) is 12.3. The summed E-state index contributed by atoms with van der Waals surface area (Å²) in [6.45, 7) is 0. The van der Waals surface area contributed by atoms with Gasteiger partial charge in [0.1, 0.15) is 0 Å². The molecule has 0 aliphatic carbocycles. The monoisotopic (exact) mass is 305 g/mol. The predicted octanol–water partition coefficient (Wildman–Crippen LogP) is 4.10. The largest absolute Gasteiger partial charge is 0.320 e. The van der Waals surface area contributed by atoms with E-state index >= 15 is 0 Å². The Kier molecular flexibility index (Phi) is 3.05. The maximum atomic E-state index is 12.5. The molecule has 0 aliphatic rings. The number of carbonyl (C=O) groups is 1. The number of amides is 1. The first-order chi connectivity index (χ1) is 10.8. The Balaban J connectivity index is 1.71. The van der Waals surface area contributed by atoms with Crippen LogP contribution in [0.5, 0.6) is 0 Å². The number of para-hydroxylation sites is 1. The molecule has 5 heteroatoms. The molecule has 4 rings (SSSR count). The fourth-order valence-electron chi connectivity index (χ4n) is 2.40. The van der Waals surface area contributed by atoms with Gasteiger partial charge < -0.3 is 5.32 Å². The molecule has 0 atom stereocenters. The number of nitrogens with one attached hydrogen (secondary N) is 1. The molecule has 0 saturated carbocycles. The Morgan fingerprint density at radius 3 is 2.91 bits per heavy atom. The van der Waals surface area contributed by atoms with Crippen molar-refractivity contribution in [2.24, 2.45) is 0 Å².